The van der Waals surface area contributed by atoms with Gasteiger partial charge < -0.3 is 9.47 Å². The highest BCUT2D eigenvalue weighted by Gasteiger charge is 2.28. The Hall–Kier alpha value is -3.28. The summed E-state index contributed by atoms with van der Waals surface area (Å²) >= 11 is 0. The van der Waals surface area contributed by atoms with E-state index in [0.29, 0.717) is 16.7 Å². The van der Waals surface area contributed by atoms with Crippen LogP contribution in [0.25, 0.3) is 0 Å². The van der Waals surface area contributed by atoms with E-state index in [1.807, 2.05) is 0 Å². The van der Waals surface area contributed by atoms with E-state index in [0.717, 1.165) is 0 Å². The SMILES string of the molecule is CCOC(=O)C(=O)C[C@@H](C(=O)c1ccc(C(=O)OC)cc1)c1ccccc1. The topological polar surface area (TPSA) is 86.7 Å². The molecule has 2 aromatic rings. The predicted molar refractivity (Wildman–Crippen MR) is 97.6 cm³/mol. The number of rotatable bonds is 8. The van der Waals surface area contributed by atoms with E-state index in [-0.39, 0.29) is 18.8 Å². The van der Waals surface area contributed by atoms with Crippen LogP contribution in [0.5, 0.6) is 0 Å². The molecule has 0 aliphatic rings. The van der Waals surface area contributed by atoms with Gasteiger partial charge in [0.15, 0.2) is 5.78 Å². The van der Waals surface area contributed by atoms with Crippen LogP contribution in [0.4, 0.5) is 0 Å². The first-order valence-corrected chi connectivity index (χ1v) is 8.45. The van der Waals surface area contributed by atoms with E-state index < -0.39 is 23.6 Å². The second-order valence-electron chi connectivity index (χ2n) is 5.74. The van der Waals surface area contributed by atoms with Crippen molar-refractivity contribution in [3.63, 3.8) is 0 Å². The Balaban J connectivity index is 2.30. The van der Waals surface area contributed by atoms with Crippen LogP contribution in [0, 0.1) is 0 Å². The highest BCUT2D eigenvalue weighted by molar-refractivity contribution is 6.34. The lowest BCUT2D eigenvalue weighted by Crippen LogP contribution is -2.23. The molecule has 0 saturated heterocycles. The number of hydrogen-bond donors (Lipinski definition) is 0. The molecule has 0 aromatic heterocycles. The minimum atomic E-state index is -0.952. The molecule has 0 fully saturated rings. The molecule has 0 aliphatic carbocycles. The molecule has 140 valence electrons. The van der Waals surface area contributed by atoms with Crippen molar-refractivity contribution >= 4 is 23.5 Å². The van der Waals surface area contributed by atoms with Gasteiger partial charge in [0.05, 0.1) is 25.2 Å². The third-order valence-electron chi connectivity index (χ3n) is 4.00. The Morgan fingerprint density at radius 2 is 1.48 bits per heavy atom. The van der Waals surface area contributed by atoms with Crippen molar-refractivity contribution in [2.24, 2.45) is 0 Å². The second kappa shape index (κ2) is 9.43. The Morgan fingerprint density at radius 3 is 2.04 bits per heavy atom. The zero-order chi connectivity index (χ0) is 19.8. The summed E-state index contributed by atoms with van der Waals surface area (Å²) in [5.41, 5.74) is 1.26. The molecule has 6 heteroatoms. The minimum Gasteiger partial charge on any atom is -0.465 e. The van der Waals surface area contributed by atoms with E-state index in [1.54, 1.807) is 37.3 Å². The summed E-state index contributed by atoms with van der Waals surface area (Å²) in [4.78, 5) is 48.4. The van der Waals surface area contributed by atoms with E-state index in [1.165, 1.54) is 31.4 Å². The first-order chi connectivity index (χ1) is 13.0. The van der Waals surface area contributed by atoms with Gasteiger partial charge >= 0.3 is 11.9 Å². The molecule has 2 rings (SSSR count). The standard InChI is InChI=1S/C21H20O6/c1-3-27-21(25)18(22)13-17(14-7-5-4-6-8-14)19(23)15-9-11-16(12-10-15)20(24)26-2/h4-12,17H,3,13H2,1-2H3/t17-/m1/s1. The number of Topliss-reactive ketones (excluding diaryl/α,β-unsaturated/α-hetero) is 2. The van der Waals surface area contributed by atoms with Gasteiger partial charge in [0.2, 0.25) is 5.78 Å². The second-order valence-corrected chi connectivity index (χ2v) is 5.74. The van der Waals surface area contributed by atoms with E-state index in [9.17, 15) is 19.2 Å². The Bertz CT molecular complexity index is 824. The molecular weight excluding hydrogens is 348 g/mol. The van der Waals surface area contributed by atoms with Gasteiger partial charge in [-0.25, -0.2) is 9.59 Å². The minimum absolute atomic E-state index is 0.0868. The van der Waals surface area contributed by atoms with Crippen LogP contribution in [-0.2, 0) is 19.1 Å². The smallest absolute Gasteiger partial charge is 0.374 e. The maximum atomic E-state index is 13.0. The van der Waals surface area contributed by atoms with Gasteiger partial charge in [-0.2, -0.15) is 0 Å². The number of benzene rings is 2. The van der Waals surface area contributed by atoms with E-state index in [2.05, 4.69) is 4.74 Å². The number of ketones is 2. The van der Waals surface area contributed by atoms with Gasteiger partial charge in [0, 0.05) is 12.0 Å². The van der Waals surface area contributed by atoms with Gasteiger partial charge in [0.1, 0.15) is 0 Å². The van der Waals surface area contributed by atoms with Crippen molar-refractivity contribution in [2.45, 2.75) is 19.3 Å². The molecule has 0 heterocycles. The largest absolute Gasteiger partial charge is 0.465 e. The average molecular weight is 368 g/mol. The molecular formula is C21H20O6. The quantitative estimate of drug-likeness (QED) is 0.404. The Labute approximate surface area is 157 Å². The summed E-state index contributed by atoms with van der Waals surface area (Å²) in [5, 5.41) is 0. The number of ether oxygens (including phenoxy) is 2. The molecule has 0 aliphatic heterocycles. The van der Waals surface area contributed by atoms with Crippen molar-refractivity contribution in [2.75, 3.05) is 13.7 Å². The first-order valence-electron chi connectivity index (χ1n) is 8.45. The summed E-state index contributed by atoms with van der Waals surface area (Å²) in [7, 11) is 1.27. The Kier molecular flexibility index (Phi) is 7.00. The van der Waals surface area contributed by atoms with Gasteiger partial charge in [-0.15, -0.1) is 0 Å². The number of methoxy groups -OCH3 is 1. The fourth-order valence-corrected chi connectivity index (χ4v) is 2.62. The number of esters is 2. The van der Waals surface area contributed by atoms with Gasteiger partial charge in [-0.1, -0.05) is 42.5 Å². The number of hydrogen-bond acceptors (Lipinski definition) is 6. The first kappa shape index (κ1) is 20.0. The Morgan fingerprint density at radius 1 is 0.889 bits per heavy atom. The molecule has 0 spiro atoms. The molecule has 6 nitrogen and oxygen atoms in total. The molecule has 0 amide bonds. The van der Waals surface area contributed by atoms with Crippen molar-refractivity contribution in [3.8, 4) is 0 Å². The third-order valence-corrected chi connectivity index (χ3v) is 4.00. The summed E-state index contributed by atoms with van der Waals surface area (Å²) in [6.07, 6.45) is -0.291. The highest BCUT2D eigenvalue weighted by Crippen LogP contribution is 2.25. The van der Waals surface area contributed by atoms with Crippen LogP contribution in [0.2, 0.25) is 0 Å². The zero-order valence-electron chi connectivity index (χ0n) is 15.1. The van der Waals surface area contributed by atoms with Crippen molar-refractivity contribution in [1.29, 1.82) is 0 Å². The summed E-state index contributed by atoms with van der Waals surface area (Å²) in [6, 6.07) is 14.7. The molecule has 1 atom stereocenters. The summed E-state index contributed by atoms with van der Waals surface area (Å²) in [6.45, 7) is 1.69. The van der Waals surface area contributed by atoms with E-state index >= 15 is 0 Å². The molecule has 0 N–H and O–H groups in total. The third kappa shape index (κ3) is 5.10. The lowest BCUT2D eigenvalue weighted by molar-refractivity contribution is -0.153. The highest BCUT2D eigenvalue weighted by atomic mass is 16.5. The summed E-state index contributed by atoms with van der Waals surface area (Å²) < 4.78 is 9.36. The lowest BCUT2D eigenvalue weighted by Gasteiger charge is -2.15. The molecule has 0 saturated carbocycles. The number of carbonyl (C=O) groups excluding carboxylic acids is 4. The molecule has 0 radical (unpaired) electrons. The van der Waals surface area contributed by atoms with Gasteiger partial charge in [-0.05, 0) is 24.6 Å². The van der Waals surface area contributed by atoms with Crippen LogP contribution >= 0.6 is 0 Å². The van der Waals surface area contributed by atoms with Crippen LogP contribution < -0.4 is 0 Å². The fourth-order valence-electron chi connectivity index (χ4n) is 2.62. The van der Waals surface area contributed by atoms with Crippen LogP contribution in [0.1, 0.15) is 45.5 Å². The van der Waals surface area contributed by atoms with Gasteiger partial charge in [-0.3, -0.25) is 9.59 Å². The maximum Gasteiger partial charge on any atom is 0.374 e. The predicted octanol–water partition coefficient (Wildman–Crippen LogP) is 2.96. The van der Waals surface area contributed by atoms with Crippen LogP contribution in [0.3, 0.4) is 0 Å². The van der Waals surface area contributed by atoms with Crippen LogP contribution in [-0.4, -0.2) is 37.2 Å². The fraction of sp³-hybridized carbons (Fsp3) is 0.238. The molecule has 0 unspecified atom stereocenters. The summed E-state index contributed by atoms with van der Waals surface area (Å²) in [5.74, 6) is -3.37. The zero-order valence-corrected chi connectivity index (χ0v) is 15.1. The van der Waals surface area contributed by atoms with Crippen molar-refractivity contribution in [1.82, 2.24) is 0 Å². The normalized spacial score (nSPS) is 11.3. The monoisotopic (exact) mass is 368 g/mol. The lowest BCUT2D eigenvalue weighted by atomic mass is 9.86. The average Bonchev–Trinajstić information content (AvgIpc) is 2.71. The van der Waals surface area contributed by atoms with E-state index in [4.69, 9.17) is 4.74 Å². The van der Waals surface area contributed by atoms with Crippen molar-refractivity contribution < 1.29 is 28.7 Å². The van der Waals surface area contributed by atoms with Gasteiger partial charge in [0.25, 0.3) is 0 Å². The molecule has 2 aromatic carbocycles. The van der Waals surface area contributed by atoms with Crippen LogP contribution in [0.15, 0.2) is 54.6 Å². The van der Waals surface area contributed by atoms with Crippen molar-refractivity contribution in [3.05, 3.63) is 71.3 Å². The maximum absolute atomic E-state index is 13.0. The molecule has 0 bridgehead atoms. The number of carbonyl (C=O) groups is 4. The molecule has 27 heavy (non-hydrogen) atoms.